The molecule has 0 aromatic carbocycles. The zero-order valence-electron chi connectivity index (χ0n) is 13.6. The molecule has 0 radical (unpaired) electrons. The van der Waals surface area contributed by atoms with Crippen LogP contribution in [0.3, 0.4) is 0 Å². The molecule has 0 spiro atoms. The summed E-state index contributed by atoms with van der Waals surface area (Å²) in [6.07, 6.45) is 3.23. The second-order valence-corrected chi connectivity index (χ2v) is 6.69. The number of halogens is 1. The van der Waals surface area contributed by atoms with Crippen LogP contribution >= 0.6 is 11.6 Å². The first-order chi connectivity index (χ1) is 10.2. The highest BCUT2D eigenvalue weighted by atomic mass is 35.5. The van der Waals surface area contributed by atoms with Crippen LogP contribution in [0.15, 0.2) is 11.7 Å². The summed E-state index contributed by atoms with van der Waals surface area (Å²) in [4.78, 5) is 8.21. The largest absolute Gasteiger partial charge is 0.491 e. The maximum Gasteiger partial charge on any atom is 0.491 e. The van der Waals surface area contributed by atoms with E-state index in [0.29, 0.717) is 18.1 Å². The van der Waals surface area contributed by atoms with Gasteiger partial charge >= 0.3 is 7.12 Å². The van der Waals surface area contributed by atoms with Gasteiger partial charge in [-0.2, -0.15) is 0 Å². The summed E-state index contributed by atoms with van der Waals surface area (Å²) in [6, 6.07) is 0. The lowest BCUT2D eigenvalue weighted by molar-refractivity contribution is 0.00578. The van der Waals surface area contributed by atoms with E-state index in [1.807, 2.05) is 40.8 Å². The smallest absolute Gasteiger partial charge is 0.400 e. The normalized spacial score (nSPS) is 20.5. The first-order valence-corrected chi connectivity index (χ1v) is 7.53. The van der Waals surface area contributed by atoms with Gasteiger partial charge in [-0.15, -0.1) is 0 Å². The molecule has 1 saturated heterocycles. The van der Waals surface area contributed by atoms with Crippen molar-refractivity contribution in [3.05, 3.63) is 22.5 Å². The van der Waals surface area contributed by atoms with Crippen molar-refractivity contribution in [1.82, 2.24) is 15.3 Å². The van der Waals surface area contributed by atoms with Gasteiger partial charge in [0, 0.05) is 6.54 Å². The summed E-state index contributed by atoms with van der Waals surface area (Å²) in [5.74, 6) is 0.314. The molecule has 0 unspecified atom stereocenters. The molecule has 2 heterocycles. The topological polar surface area (TPSA) is 82.3 Å². The van der Waals surface area contributed by atoms with Gasteiger partial charge in [-0.25, -0.2) is 9.97 Å². The molecule has 1 aromatic rings. The fourth-order valence-corrected chi connectivity index (χ4v) is 2.21. The fraction of sp³-hybridized carbons (Fsp3) is 0.571. The van der Waals surface area contributed by atoms with Gasteiger partial charge in [0.25, 0.3) is 0 Å². The average molecular weight is 325 g/mol. The Balaban J connectivity index is 2.35. The van der Waals surface area contributed by atoms with E-state index in [9.17, 15) is 0 Å². The van der Waals surface area contributed by atoms with Gasteiger partial charge in [-0.1, -0.05) is 11.6 Å². The van der Waals surface area contributed by atoms with Crippen LogP contribution in [0.25, 0.3) is 6.08 Å². The maximum atomic E-state index is 6.07. The number of likely N-dealkylation sites (N-methyl/N-ethyl adjacent to an activating group) is 1. The summed E-state index contributed by atoms with van der Waals surface area (Å²) in [6.45, 7) is 8.62. The Hall–Kier alpha value is -1.15. The molecular formula is C14H22BClN4O2. The van der Waals surface area contributed by atoms with E-state index >= 15 is 0 Å². The second kappa shape index (κ2) is 6.16. The number of hydrogen-bond acceptors (Lipinski definition) is 6. The van der Waals surface area contributed by atoms with Gasteiger partial charge in [0.05, 0.1) is 17.4 Å². The Morgan fingerprint density at radius 1 is 1.36 bits per heavy atom. The van der Waals surface area contributed by atoms with Gasteiger partial charge in [-0.3, -0.25) is 0 Å². The molecule has 120 valence electrons. The number of nitrogens with zero attached hydrogens (tertiary/aromatic N) is 2. The lowest BCUT2D eigenvalue weighted by Gasteiger charge is -2.32. The molecule has 1 aliphatic rings. The van der Waals surface area contributed by atoms with E-state index in [1.165, 1.54) is 6.20 Å². The predicted molar refractivity (Wildman–Crippen MR) is 89.4 cm³/mol. The van der Waals surface area contributed by atoms with E-state index in [1.54, 1.807) is 0 Å². The maximum absolute atomic E-state index is 6.07. The van der Waals surface area contributed by atoms with Crippen LogP contribution < -0.4 is 11.1 Å². The third-order valence-electron chi connectivity index (χ3n) is 4.06. The Morgan fingerprint density at radius 2 is 1.95 bits per heavy atom. The first kappa shape index (κ1) is 17.2. The van der Waals surface area contributed by atoms with Gasteiger partial charge < -0.3 is 20.4 Å². The van der Waals surface area contributed by atoms with Crippen molar-refractivity contribution < 1.29 is 9.31 Å². The monoisotopic (exact) mass is 324 g/mol. The minimum atomic E-state index is -0.474. The van der Waals surface area contributed by atoms with Crippen molar-refractivity contribution in [2.45, 2.75) is 38.9 Å². The summed E-state index contributed by atoms with van der Waals surface area (Å²) < 4.78 is 12.1. The Morgan fingerprint density at radius 3 is 2.50 bits per heavy atom. The molecular weight excluding hydrogens is 302 g/mol. The number of nitrogens with two attached hydrogens (primary N) is 1. The van der Waals surface area contributed by atoms with Crippen molar-refractivity contribution in [3.8, 4) is 0 Å². The van der Waals surface area contributed by atoms with Crippen LogP contribution in [0.2, 0.25) is 5.15 Å². The van der Waals surface area contributed by atoms with E-state index < -0.39 is 18.3 Å². The van der Waals surface area contributed by atoms with E-state index in [0.717, 1.165) is 5.47 Å². The third kappa shape index (κ3) is 3.43. The first-order valence-electron chi connectivity index (χ1n) is 7.15. The molecule has 0 amide bonds. The van der Waals surface area contributed by atoms with Crippen LogP contribution in [-0.2, 0) is 9.31 Å². The molecule has 0 saturated carbocycles. The quantitative estimate of drug-likeness (QED) is 0.824. The minimum absolute atomic E-state index is 0.290. The molecule has 1 fully saturated rings. The summed E-state index contributed by atoms with van der Waals surface area (Å²) in [5, 5.41) is 3.39. The lowest BCUT2D eigenvalue weighted by Crippen LogP contribution is -2.41. The van der Waals surface area contributed by atoms with Crippen molar-refractivity contribution in [2.24, 2.45) is 0 Å². The van der Waals surface area contributed by atoms with Gasteiger partial charge in [0.1, 0.15) is 16.7 Å². The highest BCUT2D eigenvalue weighted by molar-refractivity contribution is 6.56. The third-order valence-corrected chi connectivity index (χ3v) is 4.24. The fourth-order valence-electron chi connectivity index (χ4n) is 2.07. The highest BCUT2D eigenvalue weighted by Crippen LogP contribution is 2.38. The van der Waals surface area contributed by atoms with Crippen molar-refractivity contribution in [2.75, 3.05) is 19.3 Å². The number of rotatable bonds is 4. The summed E-state index contributed by atoms with van der Waals surface area (Å²) in [7, 11) is 1.38. The summed E-state index contributed by atoms with van der Waals surface area (Å²) >= 11 is 5.89. The zero-order valence-corrected chi connectivity index (χ0v) is 14.4. The minimum Gasteiger partial charge on any atom is -0.400 e. The Labute approximate surface area is 136 Å². The van der Waals surface area contributed by atoms with E-state index in [2.05, 4.69) is 15.3 Å². The van der Waals surface area contributed by atoms with Gasteiger partial charge in [-0.05, 0) is 46.3 Å². The molecule has 8 heteroatoms. The molecule has 1 aliphatic heterocycles. The molecule has 6 nitrogen and oxygen atoms in total. The van der Waals surface area contributed by atoms with E-state index in [4.69, 9.17) is 26.6 Å². The number of anilines is 1. The SMILES string of the molecule is CNCC(=Cc1nc(Cl)cnc1N)B1OC(C)(C)C(C)(C)O1. The standard InChI is InChI=1S/C14H22BClN4O2/c1-13(2)14(3,4)22-15(21-13)9(7-18-5)6-10-12(17)19-8-11(16)20-10/h6,8,18H,7H2,1-5H3,(H2,17,19). The van der Waals surface area contributed by atoms with Crippen LogP contribution in [-0.4, -0.2) is 41.9 Å². The molecule has 22 heavy (non-hydrogen) atoms. The van der Waals surface area contributed by atoms with E-state index in [-0.39, 0.29) is 5.15 Å². The number of aromatic nitrogens is 2. The van der Waals surface area contributed by atoms with Crippen LogP contribution in [0, 0.1) is 0 Å². The van der Waals surface area contributed by atoms with Gasteiger partial charge in [0.15, 0.2) is 0 Å². The molecule has 1 aromatic heterocycles. The van der Waals surface area contributed by atoms with Crippen molar-refractivity contribution in [1.29, 1.82) is 0 Å². The average Bonchev–Trinajstić information content (AvgIpc) is 2.62. The van der Waals surface area contributed by atoms with Crippen molar-refractivity contribution in [3.63, 3.8) is 0 Å². The number of nitrogens with one attached hydrogen (secondary N) is 1. The number of nitrogen functional groups attached to an aromatic ring is 1. The Bertz CT molecular complexity index is 576. The van der Waals surface area contributed by atoms with Gasteiger partial charge in [0.2, 0.25) is 0 Å². The zero-order chi connectivity index (χ0) is 16.5. The summed E-state index contributed by atoms with van der Waals surface area (Å²) in [5.41, 5.74) is 6.43. The van der Waals surface area contributed by atoms with Crippen molar-refractivity contribution >= 4 is 30.6 Å². The predicted octanol–water partition coefficient (Wildman–Crippen LogP) is 1.95. The second-order valence-electron chi connectivity index (χ2n) is 6.30. The van der Waals surface area contributed by atoms with Crippen LogP contribution in [0.1, 0.15) is 33.4 Å². The molecule has 0 bridgehead atoms. The molecule has 3 N–H and O–H groups in total. The molecule has 0 aliphatic carbocycles. The molecule has 2 rings (SSSR count). The van der Waals surface area contributed by atoms with Crippen LogP contribution in [0.5, 0.6) is 0 Å². The Kier molecular flexibility index (Phi) is 4.82. The molecule has 0 atom stereocenters. The lowest BCUT2D eigenvalue weighted by atomic mass is 9.77. The number of hydrogen-bond donors (Lipinski definition) is 2. The van der Waals surface area contributed by atoms with Crippen LogP contribution in [0.4, 0.5) is 5.82 Å². The highest BCUT2D eigenvalue weighted by Gasteiger charge is 2.52.